The van der Waals surface area contributed by atoms with Crippen LogP contribution in [-0.4, -0.2) is 36.5 Å². The Bertz CT molecular complexity index is 831. The minimum atomic E-state index is -0.576. The lowest BCUT2D eigenvalue weighted by Crippen LogP contribution is -2.44. The molecule has 1 aliphatic rings. The molecule has 0 saturated heterocycles. The quantitative estimate of drug-likeness (QED) is 0.654. The zero-order valence-electron chi connectivity index (χ0n) is 18.0. The highest BCUT2D eigenvalue weighted by Crippen LogP contribution is 2.27. The lowest BCUT2D eigenvalue weighted by molar-refractivity contribution is -0.127. The molecule has 160 valence electrons. The number of nitrogens with one attached hydrogen (secondary N) is 1. The van der Waals surface area contributed by atoms with Crippen LogP contribution in [0.5, 0.6) is 0 Å². The summed E-state index contributed by atoms with van der Waals surface area (Å²) in [7, 11) is 1.93. The fourth-order valence-electron chi connectivity index (χ4n) is 4.20. The van der Waals surface area contributed by atoms with Crippen molar-refractivity contribution in [1.82, 2.24) is 10.2 Å². The van der Waals surface area contributed by atoms with Crippen molar-refractivity contribution in [1.29, 1.82) is 0 Å². The van der Waals surface area contributed by atoms with E-state index in [1.807, 2.05) is 60.5 Å². The van der Waals surface area contributed by atoms with Gasteiger partial charge in [-0.1, -0.05) is 67.8 Å². The van der Waals surface area contributed by atoms with Gasteiger partial charge in [0, 0.05) is 12.6 Å². The summed E-state index contributed by atoms with van der Waals surface area (Å²) in [5.74, 6) is -0.450. The summed E-state index contributed by atoms with van der Waals surface area (Å²) >= 11 is 0. The molecule has 0 heterocycles. The zero-order chi connectivity index (χ0) is 21.3. The monoisotopic (exact) mass is 408 g/mol. The molecule has 1 unspecified atom stereocenters. The molecular formula is C25H32N2O3. The maximum Gasteiger partial charge on any atom is 0.338 e. The molecular weight excluding hydrogens is 376 g/mol. The van der Waals surface area contributed by atoms with Gasteiger partial charge in [0.2, 0.25) is 5.91 Å². The summed E-state index contributed by atoms with van der Waals surface area (Å²) in [6, 6.07) is 17.0. The summed E-state index contributed by atoms with van der Waals surface area (Å²) < 4.78 is 5.26. The van der Waals surface area contributed by atoms with Crippen LogP contribution in [0, 0.1) is 0 Å². The van der Waals surface area contributed by atoms with Gasteiger partial charge in [-0.05, 0) is 44.0 Å². The van der Waals surface area contributed by atoms with Gasteiger partial charge in [0.1, 0.15) is 6.04 Å². The SMILES string of the molecule is CCOC(=O)c1ccccc1C(C(=O)NC1CCCCC1)N(C)Cc1ccccc1. The number of hydrogen-bond acceptors (Lipinski definition) is 4. The topological polar surface area (TPSA) is 58.6 Å². The predicted molar refractivity (Wildman–Crippen MR) is 118 cm³/mol. The van der Waals surface area contributed by atoms with E-state index in [-0.39, 0.29) is 11.9 Å². The van der Waals surface area contributed by atoms with E-state index in [1.165, 1.54) is 6.42 Å². The lowest BCUT2D eigenvalue weighted by atomic mass is 9.93. The molecule has 3 rings (SSSR count). The van der Waals surface area contributed by atoms with Gasteiger partial charge in [0.25, 0.3) is 0 Å². The van der Waals surface area contributed by atoms with E-state index in [1.54, 1.807) is 13.0 Å². The molecule has 0 radical (unpaired) electrons. The number of carbonyl (C=O) groups is 2. The standard InChI is InChI=1S/C25H32N2O3/c1-3-30-25(29)22-17-11-10-16-21(22)23(24(28)26-20-14-8-5-9-15-20)27(2)18-19-12-6-4-7-13-19/h4,6-7,10-13,16-17,20,23H,3,5,8-9,14-15,18H2,1-2H3,(H,26,28). The van der Waals surface area contributed by atoms with Crippen molar-refractivity contribution in [2.45, 2.75) is 57.7 Å². The number of hydrogen-bond donors (Lipinski definition) is 1. The van der Waals surface area contributed by atoms with Crippen LogP contribution >= 0.6 is 0 Å². The van der Waals surface area contributed by atoms with Gasteiger partial charge >= 0.3 is 5.97 Å². The van der Waals surface area contributed by atoms with Crippen molar-refractivity contribution in [3.05, 3.63) is 71.3 Å². The number of amides is 1. The van der Waals surface area contributed by atoms with E-state index in [2.05, 4.69) is 5.32 Å². The van der Waals surface area contributed by atoms with Crippen LogP contribution in [0.4, 0.5) is 0 Å². The molecule has 5 heteroatoms. The molecule has 2 aromatic rings. The number of rotatable bonds is 8. The second-order valence-corrected chi connectivity index (χ2v) is 7.95. The Hall–Kier alpha value is -2.66. The van der Waals surface area contributed by atoms with Gasteiger partial charge in [-0.3, -0.25) is 9.69 Å². The fraction of sp³-hybridized carbons (Fsp3) is 0.440. The highest BCUT2D eigenvalue weighted by molar-refractivity contribution is 5.94. The maximum absolute atomic E-state index is 13.5. The van der Waals surface area contributed by atoms with Crippen LogP contribution in [-0.2, 0) is 16.1 Å². The van der Waals surface area contributed by atoms with Crippen LogP contribution in [0.15, 0.2) is 54.6 Å². The highest BCUT2D eigenvalue weighted by atomic mass is 16.5. The molecule has 1 fully saturated rings. The molecule has 1 aliphatic carbocycles. The Balaban J connectivity index is 1.90. The van der Waals surface area contributed by atoms with Gasteiger partial charge in [-0.15, -0.1) is 0 Å². The summed E-state index contributed by atoms with van der Waals surface area (Å²) in [6.07, 6.45) is 5.56. The predicted octanol–water partition coefficient (Wildman–Crippen LogP) is 4.49. The first kappa shape index (κ1) is 22.0. The molecule has 30 heavy (non-hydrogen) atoms. The average molecular weight is 409 g/mol. The van der Waals surface area contributed by atoms with Crippen molar-refractivity contribution in [2.75, 3.05) is 13.7 Å². The Morgan fingerprint density at radius 1 is 1.03 bits per heavy atom. The molecule has 1 amide bonds. The molecule has 0 bridgehead atoms. The summed E-state index contributed by atoms with van der Waals surface area (Å²) in [6.45, 7) is 2.68. The third-order valence-corrected chi connectivity index (χ3v) is 5.67. The van der Waals surface area contributed by atoms with Gasteiger partial charge in [-0.2, -0.15) is 0 Å². The average Bonchev–Trinajstić information content (AvgIpc) is 2.76. The molecule has 1 N–H and O–H groups in total. The normalized spacial score (nSPS) is 15.6. The van der Waals surface area contributed by atoms with E-state index >= 15 is 0 Å². The summed E-state index contributed by atoms with van der Waals surface area (Å²) in [5, 5.41) is 3.25. The van der Waals surface area contributed by atoms with E-state index in [9.17, 15) is 9.59 Å². The van der Waals surface area contributed by atoms with Gasteiger partial charge in [-0.25, -0.2) is 4.79 Å². The molecule has 0 aromatic heterocycles. The Morgan fingerprint density at radius 3 is 2.40 bits per heavy atom. The van der Waals surface area contributed by atoms with Crippen molar-refractivity contribution < 1.29 is 14.3 Å². The zero-order valence-corrected chi connectivity index (χ0v) is 18.0. The first-order chi connectivity index (χ1) is 14.6. The summed E-state index contributed by atoms with van der Waals surface area (Å²) in [4.78, 5) is 28.1. The van der Waals surface area contributed by atoms with E-state index in [0.29, 0.717) is 24.3 Å². The van der Waals surface area contributed by atoms with Crippen molar-refractivity contribution in [3.63, 3.8) is 0 Å². The minimum Gasteiger partial charge on any atom is -0.462 e. The Kier molecular flexibility index (Phi) is 8.03. The Labute approximate surface area is 179 Å². The van der Waals surface area contributed by atoms with Gasteiger partial charge in [0.15, 0.2) is 0 Å². The largest absolute Gasteiger partial charge is 0.462 e. The van der Waals surface area contributed by atoms with Crippen molar-refractivity contribution >= 4 is 11.9 Å². The molecule has 1 saturated carbocycles. The number of carbonyl (C=O) groups excluding carboxylic acids is 2. The number of ether oxygens (including phenoxy) is 1. The van der Waals surface area contributed by atoms with Crippen molar-refractivity contribution in [3.8, 4) is 0 Å². The molecule has 1 atom stereocenters. The number of benzene rings is 2. The maximum atomic E-state index is 13.5. The number of esters is 1. The van der Waals surface area contributed by atoms with Crippen LogP contribution in [0.2, 0.25) is 0 Å². The van der Waals surface area contributed by atoms with Crippen LogP contribution < -0.4 is 5.32 Å². The third kappa shape index (κ3) is 5.70. The molecule has 5 nitrogen and oxygen atoms in total. The van der Waals surface area contributed by atoms with Gasteiger partial charge < -0.3 is 10.1 Å². The van der Waals surface area contributed by atoms with Crippen molar-refractivity contribution in [2.24, 2.45) is 0 Å². The fourth-order valence-corrected chi connectivity index (χ4v) is 4.20. The Morgan fingerprint density at radius 2 is 1.70 bits per heavy atom. The summed E-state index contributed by atoms with van der Waals surface area (Å²) in [5.41, 5.74) is 2.25. The van der Waals surface area contributed by atoms with Gasteiger partial charge in [0.05, 0.1) is 12.2 Å². The molecule has 2 aromatic carbocycles. The van der Waals surface area contributed by atoms with Crippen LogP contribution in [0.3, 0.4) is 0 Å². The second-order valence-electron chi connectivity index (χ2n) is 7.95. The number of likely N-dealkylation sites (N-methyl/N-ethyl adjacent to an activating group) is 1. The second kappa shape index (κ2) is 10.9. The van der Waals surface area contributed by atoms with E-state index < -0.39 is 12.0 Å². The lowest BCUT2D eigenvalue weighted by Gasteiger charge is -2.31. The smallest absolute Gasteiger partial charge is 0.338 e. The third-order valence-electron chi connectivity index (χ3n) is 5.67. The number of nitrogens with zero attached hydrogens (tertiary/aromatic N) is 1. The van der Waals surface area contributed by atoms with Crippen LogP contribution in [0.25, 0.3) is 0 Å². The first-order valence-corrected chi connectivity index (χ1v) is 10.9. The van der Waals surface area contributed by atoms with Crippen LogP contribution in [0.1, 0.15) is 66.6 Å². The first-order valence-electron chi connectivity index (χ1n) is 10.9. The molecule has 0 aliphatic heterocycles. The van der Waals surface area contributed by atoms with E-state index in [0.717, 1.165) is 31.2 Å². The van der Waals surface area contributed by atoms with E-state index in [4.69, 9.17) is 4.74 Å². The highest BCUT2D eigenvalue weighted by Gasteiger charge is 2.31. The molecule has 0 spiro atoms. The minimum absolute atomic E-state index is 0.0583.